The van der Waals surface area contributed by atoms with E-state index in [4.69, 9.17) is 0 Å². The zero-order valence-electron chi connectivity index (χ0n) is 12.4. The number of nitrogens with zero attached hydrogens (tertiary/aromatic N) is 1. The van der Waals surface area contributed by atoms with E-state index in [0.717, 1.165) is 25.0 Å². The van der Waals surface area contributed by atoms with E-state index in [1.54, 1.807) is 0 Å². The number of likely N-dealkylation sites (tertiary alicyclic amines) is 1. The van der Waals surface area contributed by atoms with E-state index in [-0.39, 0.29) is 6.10 Å². The van der Waals surface area contributed by atoms with Gasteiger partial charge in [-0.05, 0) is 44.9 Å². The van der Waals surface area contributed by atoms with Gasteiger partial charge in [0.2, 0.25) is 0 Å². The summed E-state index contributed by atoms with van der Waals surface area (Å²) >= 11 is 0. The first kappa shape index (κ1) is 13.8. The Labute approximate surface area is 117 Å². The molecule has 2 aliphatic carbocycles. The summed E-state index contributed by atoms with van der Waals surface area (Å²) in [6, 6.07) is 2.17. The van der Waals surface area contributed by atoms with Crippen LogP contribution in [-0.2, 0) is 0 Å². The summed E-state index contributed by atoms with van der Waals surface area (Å²) in [5.74, 6) is 0.466. The highest BCUT2D eigenvalue weighted by Gasteiger charge is 2.36. The maximum absolute atomic E-state index is 9.99. The predicted octanol–water partition coefficient (Wildman–Crippen LogP) is 2.14. The summed E-state index contributed by atoms with van der Waals surface area (Å²) < 4.78 is 0. The summed E-state index contributed by atoms with van der Waals surface area (Å²) in [4.78, 5) is 2.66. The van der Waals surface area contributed by atoms with E-state index in [1.807, 2.05) is 6.92 Å². The molecule has 3 nitrogen and oxygen atoms in total. The van der Waals surface area contributed by atoms with Gasteiger partial charge in [0.1, 0.15) is 0 Å². The summed E-state index contributed by atoms with van der Waals surface area (Å²) in [6.07, 6.45) is 10.7. The first-order chi connectivity index (χ1) is 9.22. The highest BCUT2D eigenvalue weighted by molar-refractivity contribution is 4.92. The SMILES string of the molecule is CC(O)C1CC(NC2CCCC2)CN(C2CCC2)C1. The van der Waals surface area contributed by atoms with Crippen LogP contribution in [0.1, 0.15) is 58.3 Å². The van der Waals surface area contributed by atoms with Gasteiger partial charge in [-0.3, -0.25) is 4.90 Å². The lowest BCUT2D eigenvalue weighted by atomic mass is 9.84. The highest BCUT2D eigenvalue weighted by Crippen LogP contribution is 2.31. The second kappa shape index (κ2) is 6.11. The number of aliphatic hydroxyl groups is 1. The molecule has 3 heteroatoms. The minimum atomic E-state index is -0.157. The van der Waals surface area contributed by atoms with Crippen molar-refractivity contribution >= 4 is 0 Å². The van der Waals surface area contributed by atoms with Gasteiger partial charge >= 0.3 is 0 Å². The summed E-state index contributed by atoms with van der Waals surface area (Å²) in [5.41, 5.74) is 0. The second-order valence-corrected chi connectivity index (χ2v) is 7.12. The van der Waals surface area contributed by atoms with Gasteiger partial charge < -0.3 is 10.4 Å². The van der Waals surface area contributed by atoms with Crippen LogP contribution in [0.25, 0.3) is 0 Å². The molecule has 3 aliphatic rings. The van der Waals surface area contributed by atoms with Crippen LogP contribution >= 0.6 is 0 Å². The van der Waals surface area contributed by atoms with E-state index in [1.165, 1.54) is 51.5 Å². The van der Waals surface area contributed by atoms with Gasteiger partial charge in [0, 0.05) is 31.2 Å². The Morgan fingerprint density at radius 3 is 2.32 bits per heavy atom. The van der Waals surface area contributed by atoms with Crippen molar-refractivity contribution in [2.45, 2.75) is 82.5 Å². The molecule has 1 aliphatic heterocycles. The molecule has 3 rings (SSSR count). The number of rotatable bonds is 4. The van der Waals surface area contributed by atoms with Crippen LogP contribution in [0.4, 0.5) is 0 Å². The number of hydrogen-bond acceptors (Lipinski definition) is 3. The molecule has 0 radical (unpaired) electrons. The Bertz CT molecular complexity index is 282. The van der Waals surface area contributed by atoms with Crippen molar-refractivity contribution in [3.8, 4) is 0 Å². The highest BCUT2D eigenvalue weighted by atomic mass is 16.3. The Morgan fingerprint density at radius 1 is 1.00 bits per heavy atom. The van der Waals surface area contributed by atoms with Crippen LogP contribution in [0.15, 0.2) is 0 Å². The molecule has 1 saturated heterocycles. The smallest absolute Gasteiger partial charge is 0.0553 e. The molecule has 110 valence electrons. The molecule has 19 heavy (non-hydrogen) atoms. The number of aliphatic hydroxyl groups excluding tert-OH is 1. The molecule has 3 atom stereocenters. The lowest BCUT2D eigenvalue weighted by molar-refractivity contribution is 0.00882. The van der Waals surface area contributed by atoms with Crippen LogP contribution in [0.2, 0.25) is 0 Å². The molecular weight excluding hydrogens is 236 g/mol. The van der Waals surface area contributed by atoms with Gasteiger partial charge in [-0.1, -0.05) is 19.3 Å². The van der Waals surface area contributed by atoms with Crippen molar-refractivity contribution in [3.63, 3.8) is 0 Å². The van der Waals surface area contributed by atoms with Crippen molar-refractivity contribution in [1.82, 2.24) is 10.2 Å². The number of piperidine rings is 1. The van der Waals surface area contributed by atoms with Gasteiger partial charge in [0.05, 0.1) is 6.10 Å². The van der Waals surface area contributed by atoms with Crippen molar-refractivity contribution in [3.05, 3.63) is 0 Å². The fourth-order valence-corrected chi connectivity index (χ4v) is 4.12. The largest absolute Gasteiger partial charge is 0.393 e. The predicted molar refractivity (Wildman–Crippen MR) is 78.2 cm³/mol. The van der Waals surface area contributed by atoms with Gasteiger partial charge in [-0.25, -0.2) is 0 Å². The molecule has 2 N–H and O–H groups in total. The molecule has 0 amide bonds. The van der Waals surface area contributed by atoms with Crippen LogP contribution in [-0.4, -0.2) is 47.3 Å². The minimum Gasteiger partial charge on any atom is -0.393 e. The molecule has 0 spiro atoms. The number of nitrogens with one attached hydrogen (secondary N) is 1. The first-order valence-corrected chi connectivity index (χ1v) is 8.40. The van der Waals surface area contributed by atoms with Crippen molar-refractivity contribution < 1.29 is 5.11 Å². The average Bonchev–Trinajstić information content (AvgIpc) is 2.79. The third-order valence-electron chi connectivity index (χ3n) is 5.61. The molecule has 2 saturated carbocycles. The van der Waals surface area contributed by atoms with Crippen LogP contribution in [0.3, 0.4) is 0 Å². The third-order valence-corrected chi connectivity index (χ3v) is 5.61. The fraction of sp³-hybridized carbons (Fsp3) is 1.00. The second-order valence-electron chi connectivity index (χ2n) is 7.12. The Hall–Kier alpha value is -0.120. The lowest BCUT2D eigenvalue weighted by Gasteiger charge is -2.46. The molecule has 1 heterocycles. The minimum absolute atomic E-state index is 0.157. The average molecular weight is 266 g/mol. The summed E-state index contributed by atoms with van der Waals surface area (Å²) in [5, 5.41) is 13.9. The van der Waals surface area contributed by atoms with Crippen molar-refractivity contribution in [2.24, 2.45) is 5.92 Å². The van der Waals surface area contributed by atoms with Crippen LogP contribution in [0, 0.1) is 5.92 Å². The maximum Gasteiger partial charge on any atom is 0.0553 e. The first-order valence-electron chi connectivity index (χ1n) is 8.40. The molecular formula is C16H30N2O. The van der Waals surface area contributed by atoms with Gasteiger partial charge in [-0.2, -0.15) is 0 Å². The van der Waals surface area contributed by atoms with Crippen molar-refractivity contribution in [1.29, 1.82) is 0 Å². The molecule has 3 unspecified atom stereocenters. The van der Waals surface area contributed by atoms with Crippen LogP contribution in [0.5, 0.6) is 0 Å². The van der Waals surface area contributed by atoms with E-state index in [9.17, 15) is 5.11 Å². The van der Waals surface area contributed by atoms with Gasteiger partial charge in [0.25, 0.3) is 0 Å². The zero-order chi connectivity index (χ0) is 13.2. The number of hydrogen-bond donors (Lipinski definition) is 2. The van der Waals surface area contributed by atoms with E-state index in [2.05, 4.69) is 10.2 Å². The quantitative estimate of drug-likeness (QED) is 0.818. The van der Waals surface area contributed by atoms with Crippen molar-refractivity contribution in [2.75, 3.05) is 13.1 Å². The van der Waals surface area contributed by atoms with E-state index >= 15 is 0 Å². The summed E-state index contributed by atoms with van der Waals surface area (Å²) in [6.45, 7) is 4.30. The fourth-order valence-electron chi connectivity index (χ4n) is 4.12. The molecule has 0 aromatic heterocycles. The Balaban J connectivity index is 1.58. The third kappa shape index (κ3) is 3.32. The van der Waals surface area contributed by atoms with Gasteiger partial charge in [-0.15, -0.1) is 0 Å². The Kier molecular flexibility index (Phi) is 4.45. The standard InChI is InChI=1S/C16H30N2O/c1-12(19)13-9-15(17-14-5-2-3-6-14)11-18(10-13)16-7-4-8-16/h12-17,19H,2-11H2,1H3. The molecule has 0 bridgehead atoms. The molecule has 0 aromatic carbocycles. The Morgan fingerprint density at radius 2 is 1.74 bits per heavy atom. The van der Waals surface area contributed by atoms with E-state index < -0.39 is 0 Å². The van der Waals surface area contributed by atoms with Gasteiger partial charge in [0.15, 0.2) is 0 Å². The van der Waals surface area contributed by atoms with Crippen LogP contribution < -0.4 is 5.32 Å². The molecule has 3 fully saturated rings. The topological polar surface area (TPSA) is 35.5 Å². The van der Waals surface area contributed by atoms with E-state index in [0.29, 0.717) is 12.0 Å². The zero-order valence-corrected chi connectivity index (χ0v) is 12.4. The monoisotopic (exact) mass is 266 g/mol. The molecule has 0 aromatic rings. The lowest BCUT2D eigenvalue weighted by Crippen LogP contribution is -2.57. The maximum atomic E-state index is 9.99. The summed E-state index contributed by atoms with van der Waals surface area (Å²) in [7, 11) is 0. The normalized spacial score (nSPS) is 36.3.